The number of carbonyl (C=O) groups is 1. The third kappa shape index (κ3) is 2.49. The maximum atomic E-state index is 11.9. The molecule has 1 heterocycles. The highest BCUT2D eigenvalue weighted by molar-refractivity contribution is 5.82. The predicted molar refractivity (Wildman–Crippen MR) is 52.0 cm³/mol. The molecule has 17 heavy (non-hydrogen) atoms. The molecule has 0 radical (unpaired) electrons. The molecule has 2 rings (SSSR count). The van der Waals surface area contributed by atoms with Gasteiger partial charge >= 0.3 is 18.7 Å². The molecule has 1 N–H and O–H groups in total. The van der Waals surface area contributed by atoms with E-state index in [1.807, 2.05) is 0 Å². The number of hydrogen-bond donors (Lipinski definition) is 1. The second-order valence-corrected chi connectivity index (χ2v) is 3.19. The Balaban J connectivity index is 2.41. The first-order chi connectivity index (χ1) is 8.06. The lowest BCUT2D eigenvalue weighted by atomic mass is 10.1. The molecule has 0 fully saturated rings. The second-order valence-electron chi connectivity index (χ2n) is 3.19. The largest absolute Gasteiger partial charge is 0.481 e. The SMILES string of the molecule is O=C(O)Cc1cccc2nc(OC(F)F)oc12. The maximum absolute atomic E-state index is 11.9. The van der Waals surface area contributed by atoms with E-state index < -0.39 is 18.7 Å². The number of alkyl halides is 2. The minimum Gasteiger partial charge on any atom is -0.481 e. The Kier molecular flexibility index (Phi) is 2.90. The fraction of sp³-hybridized carbons (Fsp3) is 0.200. The van der Waals surface area contributed by atoms with E-state index in [1.54, 1.807) is 6.07 Å². The summed E-state index contributed by atoms with van der Waals surface area (Å²) in [5.41, 5.74) is 0.775. The monoisotopic (exact) mass is 243 g/mol. The lowest BCUT2D eigenvalue weighted by Gasteiger charge is -1.97. The van der Waals surface area contributed by atoms with Gasteiger partial charge in [-0.05, 0) is 6.07 Å². The smallest absolute Gasteiger partial charge is 0.399 e. The van der Waals surface area contributed by atoms with E-state index in [0.29, 0.717) is 5.56 Å². The van der Waals surface area contributed by atoms with Crippen LogP contribution in [-0.2, 0) is 11.2 Å². The summed E-state index contributed by atoms with van der Waals surface area (Å²) in [5.74, 6) is -1.05. The van der Waals surface area contributed by atoms with Gasteiger partial charge in [-0.2, -0.15) is 13.8 Å². The molecule has 0 aliphatic carbocycles. The fourth-order valence-corrected chi connectivity index (χ4v) is 1.41. The van der Waals surface area contributed by atoms with E-state index in [1.165, 1.54) is 12.1 Å². The van der Waals surface area contributed by atoms with Crippen LogP contribution in [0.4, 0.5) is 8.78 Å². The van der Waals surface area contributed by atoms with E-state index in [4.69, 9.17) is 9.52 Å². The summed E-state index contributed by atoms with van der Waals surface area (Å²) in [6.07, 6.45) is -0.853. The molecular formula is C10H7F2NO4. The van der Waals surface area contributed by atoms with Gasteiger partial charge in [0, 0.05) is 5.56 Å². The Hall–Kier alpha value is -2.18. The second kappa shape index (κ2) is 4.36. The van der Waals surface area contributed by atoms with Gasteiger partial charge in [0.05, 0.1) is 6.42 Å². The average molecular weight is 243 g/mol. The molecule has 0 atom stereocenters. The first kappa shape index (κ1) is 11.3. The summed E-state index contributed by atoms with van der Waals surface area (Å²) in [7, 11) is 0. The minimum atomic E-state index is -3.04. The van der Waals surface area contributed by atoms with E-state index in [0.717, 1.165) is 0 Å². The quantitative estimate of drug-likeness (QED) is 0.889. The Labute approximate surface area is 93.6 Å². The van der Waals surface area contributed by atoms with Crippen molar-refractivity contribution in [3.8, 4) is 6.08 Å². The van der Waals surface area contributed by atoms with Crippen molar-refractivity contribution in [1.82, 2.24) is 4.98 Å². The topological polar surface area (TPSA) is 72.6 Å². The lowest BCUT2D eigenvalue weighted by molar-refractivity contribution is -0.136. The number of benzene rings is 1. The third-order valence-electron chi connectivity index (χ3n) is 2.01. The van der Waals surface area contributed by atoms with Gasteiger partial charge in [-0.1, -0.05) is 12.1 Å². The zero-order valence-corrected chi connectivity index (χ0v) is 8.39. The predicted octanol–water partition coefficient (Wildman–Crippen LogP) is 2.06. The number of aliphatic carboxylic acids is 1. The Morgan fingerprint density at radius 1 is 1.53 bits per heavy atom. The molecule has 0 spiro atoms. The number of fused-ring (bicyclic) bond motifs is 1. The molecule has 5 nitrogen and oxygen atoms in total. The number of halogens is 2. The Morgan fingerprint density at radius 2 is 2.29 bits per heavy atom. The molecule has 0 unspecified atom stereocenters. The maximum Gasteiger partial charge on any atom is 0.399 e. The zero-order chi connectivity index (χ0) is 12.4. The van der Waals surface area contributed by atoms with Gasteiger partial charge in [0.15, 0.2) is 5.58 Å². The standard InChI is InChI=1S/C10H7F2NO4/c11-9(12)17-10-13-6-3-1-2-5(4-7(14)15)8(6)16-10/h1-3,9H,4H2,(H,14,15). The van der Waals surface area contributed by atoms with Crippen molar-refractivity contribution in [2.24, 2.45) is 0 Å². The van der Waals surface area contributed by atoms with E-state index in [-0.39, 0.29) is 17.5 Å². The van der Waals surface area contributed by atoms with Gasteiger partial charge in [0.25, 0.3) is 0 Å². The Bertz CT molecular complexity index is 552. The zero-order valence-electron chi connectivity index (χ0n) is 8.39. The molecule has 1 aromatic heterocycles. The summed E-state index contributed by atoms with van der Waals surface area (Å²) in [4.78, 5) is 14.2. The van der Waals surface area contributed by atoms with Crippen LogP contribution in [0.1, 0.15) is 5.56 Å². The number of hydrogen-bond acceptors (Lipinski definition) is 4. The number of para-hydroxylation sites is 1. The number of nitrogens with zero attached hydrogens (tertiary/aromatic N) is 1. The molecule has 90 valence electrons. The molecular weight excluding hydrogens is 236 g/mol. The van der Waals surface area contributed by atoms with Crippen molar-refractivity contribution in [2.45, 2.75) is 13.0 Å². The third-order valence-corrected chi connectivity index (χ3v) is 2.01. The van der Waals surface area contributed by atoms with Crippen LogP contribution in [0.5, 0.6) is 6.08 Å². The van der Waals surface area contributed by atoms with Crippen molar-refractivity contribution in [1.29, 1.82) is 0 Å². The van der Waals surface area contributed by atoms with Gasteiger partial charge in [-0.3, -0.25) is 4.79 Å². The molecule has 1 aromatic carbocycles. The van der Waals surface area contributed by atoms with Crippen molar-refractivity contribution < 1.29 is 27.8 Å². The van der Waals surface area contributed by atoms with E-state index in [9.17, 15) is 13.6 Å². The number of carboxylic acid groups (broad SMARTS) is 1. The number of oxazole rings is 1. The summed E-state index contributed by atoms with van der Waals surface area (Å²) < 4.78 is 32.8. The summed E-state index contributed by atoms with van der Waals surface area (Å²) in [6.45, 7) is -3.04. The summed E-state index contributed by atoms with van der Waals surface area (Å²) in [5, 5.41) is 8.67. The minimum absolute atomic E-state index is 0.144. The van der Waals surface area contributed by atoms with E-state index in [2.05, 4.69) is 9.72 Å². The van der Waals surface area contributed by atoms with Gasteiger partial charge in [-0.25, -0.2) is 0 Å². The molecule has 0 aliphatic heterocycles. The van der Waals surface area contributed by atoms with Crippen LogP contribution < -0.4 is 4.74 Å². The number of aromatic nitrogens is 1. The highest BCUT2D eigenvalue weighted by Gasteiger charge is 2.15. The van der Waals surface area contributed by atoms with Crippen molar-refractivity contribution in [3.63, 3.8) is 0 Å². The van der Waals surface area contributed by atoms with E-state index >= 15 is 0 Å². The van der Waals surface area contributed by atoms with Crippen LogP contribution in [0.15, 0.2) is 22.6 Å². The fourth-order valence-electron chi connectivity index (χ4n) is 1.41. The van der Waals surface area contributed by atoms with Crippen LogP contribution >= 0.6 is 0 Å². The van der Waals surface area contributed by atoms with Crippen LogP contribution in [-0.4, -0.2) is 22.7 Å². The molecule has 7 heteroatoms. The average Bonchev–Trinajstić information content (AvgIpc) is 2.59. The van der Waals surface area contributed by atoms with Crippen LogP contribution in [0, 0.1) is 0 Å². The molecule has 2 aromatic rings. The summed E-state index contributed by atoms with van der Waals surface area (Å²) in [6, 6.07) is 4.60. The molecule has 0 saturated heterocycles. The van der Waals surface area contributed by atoms with Crippen LogP contribution in [0.3, 0.4) is 0 Å². The highest BCUT2D eigenvalue weighted by atomic mass is 19.3. The highest BCUT2D eigenvalue weighted by Crippen LogP contribution is 2.25. The van der Waals surface area contributed by atoms with Gasteiger partial charge in [-0.15, -0.1) is 0 Å². The first-order valence-corrected chi connectivity index (χ1v) is 4.61. The molecule has 0 aliphatic rings. The van der Waals surface area contributed by atoms with Crippen molar-refractivity contribution in [2.75, 3.05) is 0 Å². The van der Waals surface area contributed by atoms with Gasteiger partial charge in [0.2, 0.25) is 0 Å². The number of rotatable bonds is 4. The van der Waals surface area contributed by atoms with Gasteiger partial charge < -0.3 is 14.3 Å². The molecule has 0 saturated carbocycles. The lowest BCUT2D eigenvalue weighted by Crippen LogP contribution is -2.01. The van der Waals surface area contributed by atoms with Crippen LogP contribution in [0.25, 0.3) is 11.1 Å². The Morgan fingerprint density at radius 3 is 2.94 bits per heavy atom. The van der Waals surface area contributed by atoms with Crippen molar-refractivity contribution >= 4 is 17.1 Å². The normalized spacial score (nSPS) is 11.0. The molecule has 0 amide bonds. The molecule has 0 bridgehead atoms. The van der Waals surface area contributed by atoms with Crippen molar-refractivity contribution in [3.05, 3.63) is 23.8 Å². The first-order valence-electron chi connectivity index (χ1n) is 4.61. The van der Waals surface area contributed by atoms with Crippen LogP contribution in [0.2, 0.25) is 0 Å². The summed E-state index contributed by atoms with van der Waals surface area (Å²) >= 11 is 0. The number of ether oxygens (including phenoxy) is 1. The number of carboxylic acids is 1. The van der Waals surface area contributed by atoms with Gasteiger partial charge in [0.1, 0.15) is 5.52 Å².